The molecule has 126 valence electrons. The lowest BCUT2D eigenvalue weighted by atomic mass is 10.0. The predicted octanol–water partition coefficient (Wildman–Crippen LogP) is 2.69. The van der Waals surface area contributed by atoms with Crippen LogP contribution in [0, 0.1) is 0 Å². The van der Waals surface area contributed by atoms with E-state index in [0.717, 1.165) is 37.2 Å². The number of imidazole rings is 1. The van der Waals surface area contributed by atoms with Gasteiger partial charge in [-0.2, -0.15) is 11.3 Å². The number of hydrogen-bond donors (Lipinski definition) is 2. The van der Waals surface area contributed by atoms with Crippen molar-refractivity contribution in [2.24, 2.45) is 0 Å². The molecule has 2 aromatic heterocycles. The van der Waals surface area contributed by atoms with Crippen LogP contribution in [-0.2, 0) is 17.8 Å². The quantitative estimate of drug-likeness (QED) is 0.864. The Morgan fingerprint density at radius 1 is 1.39 bits per heavy atom. The fraction of sp³-hybridized carbons (Fsp3) is 0.467. The molecule has 4 rings (SSSR count). The number of hydrogen-bond acceptors (Lipinski definition) is 4. The molecule has 1 atom stereocenters. The highest BCUT2D eigenvalue weighted by atomic mass is 35.5. The van der Waals surface area contributed by atoms with Gasteiger partial charge in [-0.3, -0.25) is 4.79 Å². The predicted molar refractivity (Wildman–Crippen MR) is 95.4 cm³/mol. The summed E-state index contributed by atoms with van der Waals surface area (Å²) in [6.45, 7) is 1.54. The molecule has 1 aliphatic heterocycles. The van der Waals surface area contributed by atoms with Gasteiger partial charge in [0, 0.05) is 31.2 Å². The van der Waals surface area contributed by atoms with Crippen molar-refractivity contribution in [2.75, 3.05) is 6.54 Å². The molecule has 2 aliphatic rings. The van der Waals surface area contributed by atoms with Gasteiger partial charge < -0.3 is 15.2 Å². The Balaban J connectivity index is 0.000000960. The smallest absolute Gasteiger partial charge is 0.246 e. The number of fused-ring (bicyclic) bond motifs is 1. The van der Waals surface area contributed by atoms with E-state index in [0.29, 0.717) is 12.6 Å². The Morgan fingerprint density at radius 3 is 2.91 bits per heavy atom. The van der Waals surface area contributed by atoms with Gasteiger partial charge in [0.2, 0.25) is 5.91 Å². The minimum absolute atomic E-state index is 0. The van der Waals surface area contributed by atoms with E-state index in [4.69, 9.17) is 0 Å². The number of amides is 1. The van der Waals surface area contributed by atoms with Crippen LogP contribution in [0.5, 0.6) is 0 Å². The molecule has 0 bridgehead atoms. The summed E-state index contributed by atoms with van der Waals surface area (Å²) in [6.07, 6.45) is 4.84. The lowest BCUT2D eigenvalue weighted by molar-refractivity contribution is -0.135. The number of carbonyl (C=O) groups excluding carboxylic acids is 1. The number of halogens is 2. The molecule has 1 unspecified atom stereocenters. The maximum absolute atomic E-state index is 13.0. The lowest BCUT2D eigenvalue weighted by Gasteiger charge is -2.29. The summed E-state index contributed by atoms with van der Waals surface area (Å²) in [6, 6.07) is 2.21. The van der Waals surface area contributed by atoms with Gasteiger partial charge in [0.1, 0.15) is 6.04 Å². The lowest BCUT2D eigenvalue weighted by Crippen LogP contribution is -2.44. The molecule has 1 amide bonds. The normalized spacial score (nSPS) is 19.2. The number of aromatic amines is 1. The molecule has 0 saturated heterocycles. The Morgan fingerprint density at radius 2 is 2.22 bits per heavy atom. The zero-order valence-electron chi connectivity index (χ0n) is 12.5. The summed E-state index contributed by atoms with van der Waals surface area (Å²) in [5.41, 5.74) is 3.19. The third kappa shape index (κ3) is 3.71. The van der Waals surface area contributed by atoms with Crippen molar-refractivity contribution in [3.05, 3.63) is 40.1 Å². The average molecular weight is 375 g/mol. The number of nitrogens with one attached hydrogen (secondary N) is 2. The number of rotatable bonds is 4. The van der Waals surface area contributed by atoms with Gasteiger partial charge in [-0.25, -0.2) is 4.98 Å². The van der Waals surface area contributed by atoms with Gasteiger partial charge in [0.25, 0.3) is 0 Å². The summed E-state index contributed by atoms with van der Waals surface area (Å²) in [5.74, 6) is 0.164. The largest absolute Gasteiger partial charge is 0.348 e. The molecule has 2 N–H and O–H groups in total. The highest BCUT2D eigenvalue weighted by molar-refractivity contribution is 7.07. The first-order valence-corrected chi connectivity index (χ1v) is 8.34. The number of aromatic nitrogens is 2. The van der Waals surface area contributed by atoms with Crippen LogP contribution in [0.25, 0.3) is 0 Å². The van der Waals surface area contributed by atoms with E-state index in [1.165, 1.54) is 5.56 Å². The summed E-state index contributed by atoms with van der Waals surface area (Å²) in [4.78, 5) is 22.5. The van der Waals surface area contributed by atoms with Crippen LogP contribution >= 0.6 is 36.2 Å². The molecule has 5 nitrogen and oxygen atoms in total. The molecular weight excluding hydrogens is 355 g/mol. The summed E-state index contributed by atoms with van der Waals surface area (Å²) in [5, 5.41) is 7.52. The molecule has 1 saturated carbocycles. The maximum Gasteiger partial charge on any atom is 0.246 e. The molecule has 1 fully saturated rings. The Kier molecular flexibility index (Phi) is 6.08. The molecular formula is C15H20Cl2N4OS. The molecule has 2 aromatic rings. The first-order valence-electron chi connectivity index (χ1n) is 7.40. The van der Waals surface area contributed by atoms with Crippen LogP contribution in [-0.4, -0.2) is 33.4 Å². The van der Waals surface area contributed by atoms with Crippen molar-refractivity contribution in [2.45, 2.75) is 37.9 Å². The number of nitrogens with zero attached hydrogens (tertiary/aromatic N) is 2. The average Bonchev–Trinajstić information content (AvgIpc) is 3.02. The Labute approximate surface area is 151 Å². The van der Waals surface area contributed by atoms with Crippen molar-refractivity contribution in [3.8, 4) is 0 Å². The van der Waals surface area contributed by atoms with Crippen LogP contribution in [0.1, 0.15) is 35.8 Å². The Hall–Kier alpha value is -1.08. The highest BCUT2D eigenvalue weighted by Gasteiger charge is 2.38. The van der Waals surface area contributed by atoms with Crippen LogP contribution in [0.15, 0.2) is 23.2 Å². The standard InChI is InChI=1S/C15H18N4OS.2ClH/c20-15(14-13-12(3-5-16-14)17-9-18-13)19(11-1-2-11)7-10-4-6-21-8-10;;/h4,6,8-9,11,14,16H,1-3,5,7H2,(H,17,18);2*1H. The van der Waals surface area contributed by atoms with Gasteiger partial charge in [-0.1, -0.05) is 0 Å². The minimum Gasteiger partial charge on any atom is -0.348 e. The third-order valence-corrected chi connectivity index (χ3v) is 4.93. The third-order valence-electron chi connectivity index (χ3n) is 4.20. The molecule has 0 spiro atoms. The first-order chi connectivity index (χ1) is 10.3. The zero-order chi connectivity index (χ0) is 14.2. The van der Waals surface area contributed by atoms with Gasteiger partial charge in [-0.05, 0) is 35.2 Å². The van der Waals surface area contributed by atoms with Crippen LogP contribution in [0.4, 0.5) is 0 Å². The Bertz CT molecular complexity index is 642. The van der Waals surface area contributed by atoms with Crippen molar-refractivity contribution >= 4 is 42.1 Å². The summed E-state index contributed by atoms with van der Waals surface area (Å²) in [7, 11) is 0. The fourth-order valence-electron chi connectivity index (χ4n) is 2.94. The van der Waals surface area contributed by atoms with E-state index in [9.17, 15) is 4.79 Å². The second-order valence-corrected chi connectivity index (χ2v) is 6.51. The first kappa shape index (κ1) is 18.3. The van der Waals surface area contributed by atoms with E-state index < -0.39 is 0 Å². The zero-order valence-corrected chi connectivity index (χ0v) is 15.0. The van der Waals surface area contributed by atoms with Crippen molar-refractivity contribution in [1.82, 2.24) is 20.2 Å². The highest BCUT2D eigenvalue weighted by Crippen LogP contribution is 2.32. The van der Waals surface area contributed by atoms with Crippen molar-refractivity contribution in [1.29, 1.82) is 0 Å². The minimum atomic E-state index is -0.292. The van der Waals surface area contributed by atoms with Gasteiger partial charge >= 0.3 is 0 Å². The molecule has 0 aromatic carbocycles. The molecule has 23 heavy (non-hydrogen) atoms. The van der Waals surface area contributed by atoms with Crippen LogP contribution in [0.3, 0.4) is 0 Å². The maximum atomic E-state index is 13.0. The van der Waals surface area contributed by atoms with Gasteiger partial charge in [0.05, 0.1) is 12.0 Å². The second kappa shape index (κ2) is 7.66. The number of thiophene rings is 1. The molecule has 3 heterocycles. The summed E-state index contributed by atoms with van der Waals surface area (Å²) >= 11 is 1.68. The van der Waals surface area contributed by atoms with Crippen LogP contribution in [0.2, 0.25) is 0 Å². The van der Waals surface area contributed by atoms with E-state index in [-0.39, 0.29) is 36.8 Å². The van der Waals surface area contributed by atoms with E-state index in [2.05, 4.69) is 32.1 Å². The van der Waals surface area contributed by atoms with E-state index in [1.54, 1.807) is 17.7 Å². The second-order valence-electron chi connectivity index (χ2n) is 5.73. The molecule has 1 aliphatic carbocycles. The van der Waals surface area contributed by atoms with E-state index in [1.807, 2.05) is 4.90 Å². The van der Waals surface area contributed by atoms with Crippen molar-refractivity contribution in [3.63, 3.8) is 0 Å². The van der Waals surface area contributed by atoms with Gasteiger partial charge in [0.15, 0.2) is 0 Å². The fourth-order valence-corrected chi connectivity index (χ4v) is 3.60. The number of H-pyrrole nitrogens is 1. The SMILES string of the molecule is Cl.Cl.O=C(C1NCCc2[nH]cnc21)N(Cc1ccsc1)C1CC1. The topological polar surface area (TPSA) is 61.0 Å². The van der Waals surface area contributed by atoms with Crippen LogP contribution < -0.4 is 5.32 Å². The number of carbonyl (C=O) groups is 1. The molecule has 8 heteroatoms. The van der Waals surface area contributed by atoms with Gasteiger partial charge in [-0.15, -0.1) is 24.8 Å². The summed E-state index contributed by atoms with van der Waals surface area (Å²) < 4.78 is 0. The molecule has 0 radical (unpaired) electrons. The van der Waals surface area contributed by atoms with E-state index >= 15 is 0 Å². The van der Waals surface area contributed by atoms with Crippen molar-refractivity contribution < 1.29 is 4.79 Å². The monoisotopic (exact) mass is 374 g/mol.